The minimum Gasteiger partial charge on any atom is -0.496 e. The lowest BCUT2D eigenvalue weighted by Gasteiger charge is -2.14. The zero-order valence-electron chi connectivity index (χ0n) is 15.4. The molecule has 0 spiro atoms. The molecule has 0 radical (unpaired) electrons. The number of H-pyrrole nitrogens is 1. The minimum absolute atomic E-state index is 0.235. The Morgan fingerprint density at radius 1 is 1.19 bits per heavy atom. The Morgan fingerprint density at radius 2 is 1.93 bits per heavy atom. The highest BCUT2D eigenvalue weighted by molar-refractivity contribution is 5.81. The van der Waals surface area contributed by atoms with Crippen molar-refractivity contribution in [3.63, 3.8) is 0 Å². The standard InChI is InChI=1S/C20H21N3O4/c1-13(20(25)27-3)11-23-12-22-17(14-7-4-5-9-16(14)26-2)18(23)15-8-6-10-21-19(15)24/h4-10,12-13H,11H2,1-3H3,(H,21,24). The summed E-state index contributed by atoms with van der Waals surface area (Å²) in [5, 5.41) is 0. The quantitative estimate of drug-likeness (QED) is 0.677. The number of aromatic nitrogens is 3. The van der Waals surface area contributed by atoms with Gasteiger partial charge in [-0.05, 0) is 24.3 Å². The first-order valence-electron chi connectivity index (χ1n) is 8.51. The van der Waals surface area contributed by atoms with Crippen LogP contribution in [0.25, 0.3) is 22.5 Å². The van der Waals surface area contributed by atoms with Gasteiger partial charge in [-0.1, -0.05) is 19.1 Å². The molecule has 27 heavy (non-hydrogen) atoms. The highest BCUT2D eigenvalue weighted by Crippen LogP contribution is 2.35. The third-order valence-electron chi connectivity index (χ3n) is 4.35. The second kappa shape index (κ2) is 7.90. The molecule has 0 aliphatic rings. The predicted molar refractivity (Wildman–Crippen MR) is 101 cm³/mol. The SMILES string of the molecule is COC(=O)C(C)Cn1cnc(-c2ccccc2OC)c1-c1ccc[nH]c1=O. The van der Waals surface area contributed by atoms with Crippen LogP contribution in [0.3, 0.4) is 0 Å². The van der Waals surface area contributed by atoms with Crippen molar-refractivity contribution in [3.05, 3.63) is 59.3 Å². The van der Waals surface area contributed by atoms with Crippen molar-refractivity contribution >= 4 is 5.97 Å². The summed E-state index contributed by atoms with van der Waals surface area (Å²) in [5.41, 5.74) is 2.23. The van der Waals surface area contributed by atoms with Crippen LogP contribution in [0.5, 0.6) is 5.75 Å². The Morgan fingerprint density at radius 3 is 2.63 bits per heavy atom. The second-order valence-electron chi connectivity index (χ2n) is 6.13. The first kappa shape index (κ1) is 18.4. The van der Waals surface area contributed by atoms with Crippen molar-refractivity contribution in [1.82, 2.24) is 14.5 Å². The zero-order valence-corrected chi connectivity index (χ0v) is 15.4. The van der Waals surface area contributed by atoms with Gasteiger partial charge in [0, 0.05) is 18.3 Å². The number of rotatable bonds is 6. The molecule has 0 amide bonds. The van der Waals surface area contributed by atoms with E-state index < -0.39 is 5.92 Å². The minimum atomic E-state index is -0.392. The van der Waals surface area contributed by atoms with Crippen LogP contribution in [0.15, 0.2) is 53.7 Å². The number of carbonyl (C=O) groups excluding carboxylic acids is 1. The normalized spacial score (nSPS) is 11.8. The van der Waals surface area contributed by atoms with Crippen LogP contribution in [-0.4, -0.2) is 34.7 Å². The first-order valence-corrected chi connectivity index (χ1v) is 8.51. The summed E-state index contributed by atoms with van der Waals surface area (Å²) in [5.74, 6) is -0.0656. The van der Waals surface area contributed by atoms with Gasteiger partial charge in [0.2, 0.25) is 0 Å². The molecule has 2 aromatic heterocycles. The van der Waals surface area contributed by atoms with E-state index in [4.69, 9.17) is 9.47 Å². The summed E-state index contributed by atoms with van der Waals surface area (Å²) in [6.07, 6.45) is 3.20. The number of imidazole rings is 1. The maximum Gasteiger partial charge on any atom is 0.310 e. The number of esters is 1. The molecule has 0 aliphatic carbocycles. The number of hydrogen-bond donors (Lipinski definition) is 1. The number of aromatic amines is 1. The number of pyridine rings is 1. The molecule has 0 bridgehead atoms. The molecule has 7 nitrogen and oxygen atoms in total. The summed E-state index contributed by atoms with van der Waals surface area (Å²) in [6, 6.07) is 11.0. The lowest BCUT2D eigenvalue weighted by Crippen LogP contribution is -2.20. The van der Waals surface area contributed by atoms with Gasteiger partial charge in [0.1, 0.15) is 11.4 Å². The molecule has 1 atom stereocenters. The number of methoxy groups -OCH3 is 2. The summed E-state index contributed by atoms with van der Waals surface area (Å²) in [7, 11) is 2.94. The molecule has 140 valence electrons. The number of ether oxygens (including phenoxy) is 2. The van der Waals surface area contributed by atoms with E-state index in [1.165, 1.54) is 7.11 Å². The number of hydrogen-bond acceptors (Lipinski definition) is 5. The van der Waals surface area contributed by atoms with Crippen LogP contribution in [0.2, 0.25) is 0 Å². The maximum absolute atomic E-state index is 12.5. The Hall–Kier alpha value is -3.35. The van der Waals surface area contributed by atoms with Gasteiger partial charge in [-0.2, -0.15) is 0 Å². The molecule has 1 aromatic carbocycles. The third kappa shape index (κ3) is 3.62. The molecular weight excluding hydrogens is 346 g/mol. The van der Waals surface area contributed by atoms with E-state index in [2.05, 4.69) is 9.97 Å². The van der Waals surface area contributed by atoms with Crippen LogP contribution < -0.4 is 10.3 Å². The van der Waals surface area contributed by atoms with Crippen LogP contribution in [-0.2, 0) is 16.1 Å². The number of benzene rings is 1. The van der Waals surface area contributed by atoms with E-state index in [1.807, 2.05) is 24.3 Å². The van der Waals surface area contributed by atoms with Gasteiger partial charge >= 0.3 is 5.97 Å². The maximum atomic E-state index is 12.5. The van der Waals surface area contributed by atoms with Crippen molar-refractivity contribution in [1.29, 1.82) is 0 Å². The fraction of sp³-hybridized carbons (Fsp3) is 0.250. The highest BCUT2D eigenvalue weighted by atomic mass is 16.5. The lowest BCUT2D eigenvalue weighted by atomic mass is 10.0. The van der Waals surface area contributed by atoms with Crippen molar-refractivity contribution < 1.29 is 14.3 Å². The van der Waals surface area contributed by atoms with Crippen LogP contribution in [0.1, 0.15) is 6.92 Å². The number of nitrogens with zero attached hydrogens (tertiary/aromatic N) is 2. The molecule has 0 saturated heterocycles. The first-order chi connectivity index (χ1) is 13.1. The smallest absolute Gasteiger partial charge is 0.310 e. The Labute approximate surface area is 156 Å². The molecule has 7 heteroatoms. The van der Waals surface area contributed by atoms with Gasteiger partial charge in [0.25, 0.3) is 5.56 Å². The second-order valence-corrected chi connectivity index (χ2v) is 6.13. The summed E-state index contributed by atoms with van der Waals surface area (Å²) in [6.45, 7) is 2.10. The Kier molecular flexibility index (Phi) is 5.40. The fourth-order valence-electron chi connectivity index (χ4n) is 3.02. The van der Waals surface area contributed by atoms with Crippen molar-refractivity contribution in [2.24, 2.45) is 5.92 Å². The van der Waals surface area contributed by atoms with E-state index >= 15 is 0 Å². The summed E-state index contributed by atoms with van der Waals surface area (Å²) >= 11 is 0. The van der Waals surface area contributed by atoms with Gasteiger partial charge in [0.05, 0.1) is 37.7 Å². The van der Waals surface area contributed by atoms with Crippen LogP contribution in [0, 0.1) is 5.92 Å². The zero-order chi connectivity index (χ0) is 19.4. The van der Waals surface area contributed by atoms with Crippen LogP contribution in [0.4, 0.5) is 0 Å². The molecule has 1 N–H and O–H groups in total. The van der Waals surface area contributed by atoms with Crippen molar-refractivity contribution in [2.75, 3.05) is 14.2 Å². The highest BCUT2D eigenvalue weighted by Gasteiger charge is 2.22. The molecule has 0 fully saturated rings. The van der Waals surface area contributed by atoms with E-state index in [0.29, 0.717) is 29.2 Å². The number of para-hydroxylation sites is 1. The third-order valence-corrected chi connectivity index (χ3v) is 4.35. The Balaban J connectivity index is 2.19. The molecule has 1 unspecified atom stereocenters. The van der Waals surface area contributed by atoms with E-state index in [1.54, 1.807) is 43.3 Å². The molecular formula is C20H21N3O4. The van der Waals surface area contributed by atoms with Gasteiger partial charge < -0.3 is 19.0 Å². The lowest BCUT2D eigenvalue weighted by molar-refractivity contribution is -0.145. The van der Waals surface area contributed by atoms with E-state index in [9.17, 15) is 9.59 Å². The van der Waals surface area contributed by atoms with Gasteiger partial charge in [-0.3, -0.25) is 9.59 Å². The molecule has 0 saturated carbocycles. The summed E-state index contributed by atoms with van der Waals surface area (Å²) in [4.78, 5) is 31.5. The number of carbonyl (C=O) groups is 1. The molecule has 2 heterocycles. The van der Waals surface area contributed by atoms with E-state index in [-0.39, 0.29) is 11.5 Å². The largest absolute Gasteiger partial charge is 0.496 e. The van der Waals surface area contributed by atoms with Crippen molar-refractivity contribution in [2.45, 2.75) is 13.5 Å². The average molecular weight is 367 g/mol. The fourth-order valence-corrected chi connectivity index (χ4v) is 3.02. The predicted octanol–water partition coefficient (Wildman–Crippen LogP) is 2.72. The van der Waals surface area contributed by atoms with Crippen LogP contribution >= 0.6 is 0 Å². The average Bonchev–Trinajstić information content (AvgIpc) is 3.10. The molecule has 0 aliphatic heterocycles. The molecule has 3 rings (SSSR count). The van der Waals surface area contributed by atoms with Gasteiger partial charge in [0.15, 0.2) is 0 Å². The topological polar surface area (TPSA) is 86.2 Å². The Bertz CT molecular complexity index is 1010. The van der Waals surface area contributed by atoms with Gasteiger partial charge in [-0.15, -0.1) is 0 Å². The number of nitrogens with one attached hydrogen (secondary N) is 1. The van der Waals surface area contributed by atoms with Crippen molar-refractivity contribution in [3.8, 4) is 28.3 Å². The summed E-state index contributed by atoms with van der Waals surface area (Å²) < 4.78 is 12.1. The van der Waals surface area contributed by atoms with Gasteiger partial charge in [-0.25, -0.2) is 4.98 Å². The monoisotopic (exact) mass is 367 g/mol. The molecule has 3 aromatic rings. The van der Waals surface area contributed by atoms with E-state index in [0.717, 1.165) is 5.56 Å².